The van der Waals surface area contributed by atoms with Crippen molar-refractivity contribution < 1.29 is 17.9 Å². The van der Waals surface area contributed by atoms with Crippen LogP contribution in [0.25, 0.3) is 0 Å². The third-order valence-electron chi connectivity index (χ3n) is 1.94. The molecule has 0 aromatic heterocycles. The number of anilines is 1. The molecule has 0 radical (unpaired) electrons. The van der Waals surface area contributed by atoms with Gasteiger partial charge in [0.2, 0.25) is 0 Å². The third-order valence-corrected chi connectivity index (χ3v) is 1.94. The number of ether oxygens (including phenoxy) is 1. The topological polar surface area (TPSA) is 61.3 Å². The zero-order valence-electron chi connectivity index (χ0n) is 9.64. The highest BCUT2D eigenvalue weighted by Crippen LogP contribution is 2.33. The first-order valence-electron chi connectivity index (χ1n) is 4.98. The smallest absolute Gasteiger partial charge is 0.416 e. The molecule has 0 aliphatic carbocycles. The van der Waals surface area contributed by atoms with E-state index in [2.05, 4.69) is 0 Å². The van der Waals surface area contributed by atoms with Crippen LogP contribution >= 0.6 is 0 Å². The van der Waals surface area contributed by atoms with Crippen LogP contribution in [0, 0.1) is 0 Å². The van der Waals surface area contributed by atoms with E-state index < -0.39 is 17.3 Å². The second-order valence-corrected chi connectivity index (χ2v) is 4.53. The minimum Gasteiger partial charge on any atom is -0.490 e. The van der Waals surface area contributed by atoms with Crippen molar-refractivity contribution in [2.45, 2.75) is 25.6 Å². The Hall–Kier alpha value is -1.43. The number of nitrogens with two attached hydrogens (primary N) is 2. The number of alkyl halides is 3. The van der Waals surface area contributed by atoms with Gasteiger partial charge < -0.3 is 16.2 Å². The highest BCUT2D eigenvalue weighted by atomic mass is 19.4. The Balaban J connectivity index is 2.84. The maximum atomic E-state index is 12.4. The molecule has 0 spiro atoms. The van der Waals surface area contributed by atoms with Crippen molar-refractivity contribution in [3.63, 3.8) is 0 Å². The van der Waals surface area contributed by atoms with E-state index in [4.69, 9.17) is 16.2 Å². The maximum absolute atomic E-state index is 12.4. The van der Waals surface area contributed by atoms with Crippen LogP contribution in [0.5, 0.6) is 5.75 Å². The van der Waals surface area contributed by atoms with E-state index in [0.717, 1.165) is 12.1 Å². The van der Waals surface area contributed by atoms with Crippen LogP contribution in [-0.4, -0.2) is 12.1 Å². The molecule has 17 heavy (non-hydrogen) atoms. The zero-order chi connectivity index (χ0) is 13.3. The van der Waals surface area contributed by atoms with Crippen molar-refractivity contribution in [3.8, 4) is 5.75 Å². The summed E-state index contributed by atoms with van der Waals surface area (Å²) in [6, 6.07) is 2.97. The van der Waals surface area contributed by atoms with Crippen LogP contribution < -0.4 is 16.2 Å². The second kappa shape index (κ2) is 4.44. The average Bonchev–Trinajstić information content (AvgIpc) is 2.12. The molecule has 0 bridgehead atoms. The van der Waals surface area contributed by atoms with Crippen molar-refractivity contribution in [2.75, 3.05) is 12.3 Å². The van der Waals surface area contributed by atoms with E-state index in [9.17, 15) is 13.2 Å². The summed E-state index contributed by atoms with van der Waals surface area (Å²) in [5.74, 6) is 0.205. The van der Waals surface area contributed by atoms with Gasteiger partial charge in [0.05, 0.1) is 11.3 Å². The van der Waals surface area contributed by atoms with Gasteiger partial charge in [-0.3, -0.25) is 0 Å². The van der Waals surface area contributed by atoms with Crippen molar-refractivity contribution in [1.29, 1.82) is 0 Å². The van der Waals surface area contributed by atoms with Crippen molar-refractivity contribution in [1.82, 2.24) is 0 Å². The van der Waals surface area contributed by atoms with Gasteiger partial charge in [-0.2, -0.15) is 13.2 Å². The number of rotatable bonds is 3. The fourth-order valence-corrected chi connectivity index (χ4v) is 1.12. The molecular formula is C11H15F3N2O. The van der Waals surface area contributed by atoms with Gasteiger partial charge in [0.15, 0.2) is 0 Å². The summed E-state index contributed by atoms with van der Waals surface area (Å²) in [7, 11) is 0. The minimum absolute atomic E-state index is 0.0518. The molecule has 0 saturated heterocycles. The summed E-state index contributed by atoms with van der Waals surface area (Å²) >= 11 is 0. The SMILES string of the molecule is CC(C)(N)COc1ccc(C(F)(F)F)cc1N. The molecule has 0 aliphatic heterocycles. The summed E-state index contributed by atoms with van der Waals surface area (Å²) in [6.45, 7) is 3.66. The van der Waals surface area contributed by atoms with Crippen LogP contribution in [0.2, 0.25) is 0 Å². The summed E-state index contributed by atoms with van der Waals surface area (Å²) in [4.78, 5) is 0. The molecule has 0 saturated carbocycles. The fraction of sp³-hybridized carbons (Fsp3) is 0.455. The molecule has 4 N–H and O–H groups in total. The van der Waals surface area contributed by atoms with E-state index in [0.29, 0.717) is 0 Å². The first-order valence-corrected chi connectivity index (χ1v) is 4.98. The molecule has 0 unspecified atom stereocenters. The van der Waals surface area contributed by atoms with Crippen molar-refractivity contribution in [3.05, 3.63) is 23.8 Å². The lowest BCUT2D eigenvalue weighted by Crippen LogP contribution is -2.38. The van der Waals surface area contributed by atoms with E-state index in [-0.39, 0.29) is 18.0 Å². The summed E-state index contributed by atoms with van der Waals surface area (Å²) in [5, 5.41) is 0. The van der Waals surface area contributed by atoms with Gasteiger partial charge in [0.1, 0.15) is 12.4 Å². The summed E-state index contributed by atoms with van der Waals surface area (Å²) in [6.07, 6.45) is -4.40. The lowest BCUT2D eigenvalue weighted by molar-refractivity contribution is -0.137. The third kappa shape index (κ3) is 4.14. The molecule has 96 valence electrons. The number of halogens is 3. The van der Waals surface area contributed by atoms with Gasteiger partial charge in [-0.25, -0.2) is 0 Å². The molecule has 1 aromatic rings. The van der Waals surface area contributed by atoms with Crippen LogP contribution in [0.1, 0.15) is 19.4 Å². The summed E-state index contributed by atoms with van der Waals surface area (Å²) in [5.41, 5.74) is 9.75. The van der Waals surface area contributed by atoms with Crippen LogP contribution in [0.4, 0.5) is 18.9 Å². The largest absolute Gasteiger partial charge is 0.490 e. The highest BCUT2D eigenvalue weighted by Gasteiger charge is 2.31. The molecule has 0 atom stereocenters. The number of nitrogen functional groups attached to an aromatic ring is 1. The normalized spacial score (nSPS) is 12.6. The molecule has 1 rings (SSSR count). The van der Waals surface area contributed by atoms with E-state index in [1.807, 2.05) is 0 Å². The van der Waals surface area contributed by atoms with Gasteiger partial charge in [-0.15, -0.1) is 0 Å². The molecule has 0 heterocycles. The van der Waals surface area contributed by atoms with Crippen LogP contribution in [-0.2, 0) is 6.18 Å². The molecule has 1 aromatic carbocycles. The molecule has 0 fully saturated rings. The number of hydrogen-bond acceptors (Lipinski definition) is 3. The van der Waals surface area contributed by atoms with E-state index in [1.165, 1.54) is 6.07 Å². The Labute approximate surface area is 97.5 Å². The minimum atomic E-state index is -4.40. The van der Waals surface area contributed by atoms with Gasteiger partial charge in [0.25, 0.3) is 0 Å². The predicted octanol–water partition coefficient (Wildman–Crippen LogP) is 2.40. The van der Waals surface area contributed by atoms with Gasteiger partial charge in [-0.1, -0.05) is 0 Å². The van der Waals surface area contributed by atoms with E-state index >= 15 is 0 Å². The number of hydrogen-bond donors (Lipinski definition) is 2. The summed E-state index contributed by atoms with van der Waals surface area (Å²) < 4.78 is 42.3. The van der Waals surface area contributed by atoms with Crippen molar-refractivity contribution >= 4 is 5.69 Å². The van der Waals surface area contributed by atoms with Crippen LogP contribution in [0.3, 0.4) is 0 Å². The lowest BCUT2D eigenvalue weighted by Gasteiger charge is -2.20. The Morgan fingerprint density at radius 3 is 2.24 bits per heavy atom. The monoisotopic (exact) mass is 248 g/mol. The fourth-order valence-electron chi connectivity index (χ4n) is 1.12. The molecule has 6 heteroatoms. The van der Waals surface area contributed by atoms with Crippen molar-refractivity contribution in [2.24, 2.45) is 5.73 Å². The average molecular weight is 248 g/mol. The van der Waals surface area contributed by atoms with Gasteiger partial charge >= 0.3 is 6.18 Å². The molecular weight excluding hydrogens is 233 g/mol. The Morgan fingerprint density at radius 2 is 1.82 bits per heavy atom. The lowest BCUT2D eigenvalue weighted by atomic mass is 10.1. The van der Waals surface area contributed by atoms with Crippen LogP contribution in [0.15, 0.2) is 18.2 Å². The number of benzene rings is 1. The first kappa shape index (κ1) is 13.6. The molecule has 3 nitrogen and oxygen atoms in total. The highest BCUT2D eigenvalue weighted by molar-refractivity contribution is 5.54. The van der Waals surface area contributed by atoms with Gasteiger partial charge in [-0.05, 0) is 32.0 Å². The quantitative estimate of drug-likeness (QED) is 0.807. The second-order valence-electron chi connectivity index (χ2n) is 4.53. The zero-order valence-corrected chi connectivity index (χ0v) is 9.64. The molecule has 0 aliphatic rings. The van der Waals surface area contributed by atoms with E-state index in [1.54, 1.807) is 13.8 Å². The standard InChI is InChI=1S/C11H15F3N2O/c1-10(2,16)6-17-9-4-3-7(5-8(9)15)11(12,13)14/h3-5H,6,15-16H2,1-2H3. The maximum Gasteiger partial charge on any atom is 0.416 e. The van der Waals surface area contributed by atoms with Gasteiger partial charge in [0, 0.05) is 5.54 Å². The molecule has 0 amide bonds. The first-order chi connectivity index (χ1) is 7.59. The predicted molar refractivity (Wildman–Crippen MR) is 59.6 cm³/mol. The Bertz CT molecular complexity index is 397. The Morgan fingerprint density at radius 1 is 1.24 bits per heavy atom. The Kier molecular flexibility index (Phi) is 3.56.